The van der Waals surface area contributed by atoms with Gasteiger partial charge in [-0.25, -0.2) is 0 Å². The van der Waals surface area contributed by atoms with Crippen molar-refractivity contribution >= 4 is 5.91 Å². The number of nitrogens with one attached hydrogen (secondary N) is 1. The van der Waals surface area contributed by atoms with E-state index in [1.807, 2.05) is 0 Å². The molecule has 1 fully saturated rings. The van der Waals surface area contributed by atoms with Crippen molar-refractivity contribution in [3.05, 3.63) is 23.8 Å². The lowest BCUT2D eigenvalue weighted by Gasteiger charge is -2.29. The molecule has 4 nitrogen and oxygen atoms in total. The summed E-state index contributed by atoms with van der Waals surface area (Å²) in [7, 11) is 0. The van der Waals surface area contributed by atoms with Crippen molar-refractivity contribution < 1.29 is 15.0 Å². The van der Waals surface area contributed by atoms with Gasteiger partial charge in [0.15, 0.2) is 0 Å². The summed E-state index contributed by atoms with van der Waals surface area (Å²) in [5.74, 6) is 0.0376. The first-order valence-electron chi connectivity index (χ1n) is 7.43. The minimum atomic E-state index is -0.389. The van der Waals surface area contributed by atoms with Gasteiger partial charge in [-0.05, 0) is 43.7 Å². The van der Waals surface area contributed by atoms with Gasteiger partial charge in [0.1, 0.15) is 17.1 Å². The third-order valence-corrected chi connectivity index (χ3v) is 4.13. The normalized spacial score (nSPS) is 22.4. The summed E-state index contributed by atoms with van der Waals surface area (Å²) < 4.78 is 0. The molecule has 3 N–H and O–H groups in total. The lowest BCUT2D eigenvalue weighted by Crippen LogP contribution is -2.37. The first-order valence-corrected chi connectivity index (χ1v) is 7.43. The number of carbonyl (C=O) groups excluding carboxylic acids is 1. The maximum atomic E-state index is 12.1. The Labute approximate surface area is 119 Å². The molecule has 0 atom stereocenters. The first kappa shape index (κ1) is 14.7. The summed E-state index contributed by atoms with van der Waals surface area (Å²) in [6.45, 7) is 2.20. The Morgan fingerprint density at radius 2 is 1.80 bits per heavy atom. The van der Waals surface area contributed by atoms with Gasteiger partial charge in [-0.1, -0.05) is 25.8 Å². The summed E-state index contributed by atoms with van der Waals surface area (Å²) in [5, 5.41) is 22.3. The van der Waals surface area contributed by atoms with E-state index in [2.05, 4.69) is 12.2 Å². The molecule has 0 radical (unpaired) electrons. The summed E-state index contributed by atoms with van der Waals surface area (Å²) in [6, 6.07) is 4.48. The molecule has 2 rings (SSSR count). The molecule has 1 amide bonds. The Morgan fingerprint density at radius 1 is 1.20 bits per heavy atom. The second-order valence-corrected chi connectivity index (χ2v) is 5.65. The van der Waals surface area contributed by atoms with E-state index >= 15 is 0 Å². The number of amides is 1. The molecular weight excluding hydrogens is 254 g/mol. The van der Waals surface area contributed by atoms with Crippen LogP contribution in [0.4, 0.5) is 0 Å². The number of hydrogen-bond donors (Lipinski definition) is 3. The van der Waals surface area contributed by atoms with Crippen molar-refractivity contribution in [2.24, 2.45) is 5.92 Å². The van der Waals surface area contributed by atoms with E-state index in [1.54, 1.807) is 0 Å². The molecule has 0 saturated heterocycles. The highest BCUT2D eigenvalue weighted by molar-refractivity contribution is 5.99. The number of benzene rings is 1. The van der Waals surface area contributed by atoms with Crippen LogP contribution in [0.25, 0.3) is 0 Å². The van der Waals surface area contributed by atoms with Gasteiger partial charge in [-0.15, -0.1) is 0 Å². The second-order valence-electron chi connectivity index (χ2n) is 5.65. The summed E-state index contributed by atoms with van der Waals surface area (Å²) in [4.78, 5) is 12.1. The molecule has 0 aromatic heterocycles. The Balaban J connectivity index is 1.93. The number of carbonyl (C=O) groups is 1. The van der Waals surface area contributed by atoms with E-state index in [9.17, 15) is 15.0 Å². The lowest BCUT2D eigenvalue weighted by atomic mass is 9.83. The Kier molecular flexibility index (Phi) is 4.88. The minimum Gasteiger partial charge on any atom is -0.507 e. The summed E-state index contributed by atoms with van der Waals surface area (Å²) in [6.07, 6.45) is 6.72. The smallest absolute Gasteiger partial charge is 0.259 e. The van der Waals surface area contributed by atoms with Crippen LogP contribution in [0, 0.1) is 5.92 Å². The fourth-order valence-corrected chi connectivity index (χ4v) is 3.02. The lowest BCUT2D eigenvalue weighted by molar-refractivity contribution is 0.0915. The van der Waals surface area contributed by atoms with E-state index < -0.39 is 0 Å². The van der Waals surface area contributed by atoms with Gasteiger partial charge in [0.2, 0.25) is 0 Å². The van der Waals surface area contributed by atoms with Crippen LogP contribution in [0.15, 0.2) is 18.2 Å². The van der Waals surface area contributed by atoms with Gasteiger partial charge in [-0.3, -0.25) is 4.79 Å². The number of phenolic OH excluding ortho intramolecular Hbond substituents is 2. The van der Waals surface area contributed by atoms with Crippen molar-refractivity contribution in [2.75, 3.05) is 0 Å². The Bertz CT molecular complexity index is 445. The van der Waals surface area contributed by atoms with Crippen LogP contribution in [0.2, 0.25) is 0 Å². The zero-order valence-electron chi connectivity index (χ0n) is 11.9. The number of aromatic hydroxyl groups is 2. The Morgan fingerprint density at radius 3 is 2.35 bits per heavy atom. The van der Waals surface area contributed by atoms with Crippen LogP contribution in [-0.2, 0) is 0 Å². The molecule has 1 aliphatic rings. The van der Waals surface area contributed by atoms with Gasteiger partial charge >= 0.3 is 0 Å². The molecule has 0 aliphatic heterocycles. The molecule has 4 heteroatoms. The van der Waals surface area contributed by atoms with Crippen LogP contribution in [0.1, 0.15) is 55.8 Å². The van der Waals surface area contributed by atoms with Crippen molar-refractivity contribution in [2.45, 2.75) is 51.5 Å². The van der Waals surface area contributed by atoms with E-state index in [1.165, 1.54) is 31.0 Å². The fourth-order valence-electron chi connectivity index (χ4n) is 3.02. The Hall–Kier alpha value is -1.71. The molecule has 1 aromatic rings. The quantitative estimate of drug-likeness (QED) is 0.791. The van der Waals surface area contributed by atoms with E-state index in [-0.39, 0.29) is 29.0 Å². The zero-order chi connectivity index (χ0) is 14.5. The monoisotopic (exact) mass is 277 g/mol. The maximum absolute atomic E-state index is 12.1. The molecule has 0 bridgehead atoms. The number of phenols is 2. The maximum Gasteiger partial charge on any atom is 0.259 e. The highest BCUT2D eigenvalue weighted by Crippen LogP contribution is 2.29. The highest BCUT2D eigenvalue weighted by atomic mass is 16.3. The molecule has 20 heavy (non-hydrogen) atoms. The highest BCUT2D eigenvalue weighted by Gasteiger charge is 2.24. The van der Waals surface area contributed by atoms with E-state index in [0.29, 0.717) is 0 Å². The minimum absolute atomic E-state index is 0.0248. The molecule has 1 saturated carbocycles. The molecule has 1 aromatic carbocycles. The molecule has 0 heterocycles. The van der Waals surface area contributed by atoms with Gasteiger partial charge in [-0.2, -0.15) is 0 Å². The van der Waals surface area contributed by atoms with Crippen molar-refractivity contribution in [3.63, 3.8) is 0 Å². The second kappa shape index (κ2) is 6.64. The average molecular weight is 277 g/mol. The van der Waals surface area contributed by atoms with Crippen LogP contribution in [-0.4, -0.2) is 22.2 Å². The van der Waals surface area contributed by atoms with Gasteiger partial charge in [0.25, 0.3) is 5.91 Å². The topological polar surface area (TPSA) is 69.6 Å². The third-order valence-electron chi connectivity index (χ3n) is 4.13. The predicted octanol–water partition coefficient (Wildman–Crippen LogP) is 3.19. The number of hydrogen-bond acceptors (Lipinski definition) is 3. The summed E-state index contributed by atoms with van der Waals surface area (Å²) in [5.41, 5.74) is -0.0248. The van der Waals surface area contributed by atoms with Gasteiger partial charge < -0.3 is 15.5 Å². The van der Waals surface area contributed by atoms with Crippen molar-refractivity contribution in [3.8, 4) is 11.5 Å². The standard InChI is InChI=1S/C16H23NO3/c1-2-4-11-7-9-12(10-8-11)17-16(20)15-13(18)5-3-6-14(15)19/h3,5-6,11-12,18-19H,2,4,7-10H2,1H3,(H,17,20). The van der Waals surface area contributed by atoms with Crippen molar-refractivity contribution in [1.29, 1.82) is 0 Å². The van der Waals surface area contributed by atoms with E-state index in [4.69, 9.17) is 0 Å². The molecule has 1 aliphatic carbocycles. The predicted molar refractivity (Wildman–Crippen MR) is 77.9 cm³/mol. The average Bonchev–Trinajstić information content (AvgIpc) is 2.41. The molecule has 110 valence electrons. The largest absolute Gasteiger partial charge is 0.507 e. The van der Waals surface area contributed by atoms with Crippen LogP contribution in [0.5, 0.6) is 11.5 Å². The molecular formula is C16H23NO3. The van der Waals surface area contributed by atoms with E-state index in [0.717, 1.165) is 31.6 Å². The zero-order valence-corrected chi connectivity index (χ0v) is 11.9. The van der Waals surface area contributed by atoms with Gasteiger partial charge in [0, 0.05) is 6.04 Å². The molecule has 0 spiro atoms. The fraction of sp³-hybridized carbons (Fsp3) is 0.562. The van der Waals surface area contributed by atoms with Gasteiger partial charge in [0.05, 0.1) is 0 Å². The van der Waals surface area contributed by atoms with Crippen LogP contribution < -0.4 is 5.32 Å². The first-order chi connectivity index (χ1) is 9.61. The van der Waals surface area contributed by atoms with Crippen LogP contribution >= 0.6 is 0 Å². The SMILES string of the molecule is CCCC1CCC(NC(=O)c2c(O)cccc2O)CC1. The summed E-state index contributed by atoms with van der Waals surface area (Å²) >= 11 is 0. The van der Waals surface area contributed by atoms with Crippen LogP contribution in [0.3, 0.4) is 0 Å². The molecule has 0 unspecified atom stereocenters. The van der Waals surface area contributed by atoms with Crippen molar-refractivity contribution in [1.82, 2.24) is 5.32 Å². The third kappa shape index (κ3) is 3.44. The number of rotatable bonds is 4.